The zero-order valence-corrected chi connectivity index (χ0v) is 23.9. The average molecular weight is 562 g/mol. The van der Waals surface area contributed by atoms with Crippen LogP contribution in [0.1, 0.15) is 0 Å². The lowest BCUT2D eigenvalue weighted by Gasteiger charge is -2.18. The molecule has 0 atom stereocenters. The molecule has 0 fully saturated rings. The maximum Gasteiger partial charge on any atom is 0.160 e. The number of pyridine rings is 1. The third kappa shape index (κ3) is 4.61. The SMILES string of the molecule is c1ccc(-c2cc(-c3cccc(-c4c5ccccc5c(-c5ccncc5)c5ccccc45)c3)nc(-c3ccccc3)n2)cc1. The van der Waals surface area contributed by atoms with Gasteiger partial charge in [0.2, 0.25) is 0 Å². The molecule has 2 heterocycles. The topological polar surface area (TPSA) is 38.7 Å². The molecule has 3 nitrogen and oxygen atoms in total. The lowest BCUT2D eigenvalue weighted by Crippen LogP contribution is -1.96. The summed E-state index contributed by atoms with van der Waals surface area (Å²) in [6.07, 6.45) is 3.73. The molecule has 44 heavy (non-hydrogen) atoms. The number of benzene rings is 6. The summed E-state index contributed by atoms with van der Waals surface area (Å²) in [6, 6.07) is 53.0. The summed E-state index contributed by atoms with van der Waals surface area (Å²) in [5.74, 6) is 0.713. The van der Waals surface area contributed by atoms with Crippen LogP contribution in [-0.4, -0.2) is 15.0 Å². The summed E-state index contributed by atoms with van der Waals surface area (Å²) < 4.78 is 0. The molecule has 0 amide bonds. The maximum absolute atomic E-state index is 5.10. The Balaban J connectivity index is 1.36. The minimum Gasteiger partial charge on any atom is -0.265 e. The highest BCUT2D eigenvalue weighted by Gasteiger charge is 2.17. The largest absolute Gasteiger partial charge is 0.265 e. The Kier molecular flexibility index (Phi) is 6.47. The van der Waals surface area contributed by atoms with Crippen molar-refractivity contribution in [3.05, 3.63) is 164 Å². The van der Waals surface area contributed by atoms with Gasteiger partial charge in [0.15, 0.2) is 5.82 Å². The number of nitrogens with zero attached hydrogens (tertiary/aromatic N) is 3. The first kappa shape index (κ1) is 25.8. The van der Waals surface area contributed by atoms with E-state index in [1.807, 2.05) is 48.8 Å². The molecule has 8 aromatic rings. The van der Waals surface area contributed by atoms with Crippen LogP contribution in [0.25, 0.3) is 77.7 Å². The summed E-state index contributed by atoms with van der Waals surface area (Å²) in [4.78, 5) is 14.4. The predicted molar refractivity (Wildman–Crippen MR) is 182 cm³/mol. The summed E-state index contributed by atoms with van der Waals surface area (Å²) in [5.41, 5.74) is 9.66. The van der Waals surface area contributed by atoms with E-state index in [0.717, 1.165) is 39.2 Å². The Bertz CT molecular complexity index is 2150. The molecule has 6 aromatic carbocycles. The Morgan fingerprint density at radius 3 is 1.36 bits per heavy atom. The van der Waals surface area contributed by atoms with E-state index in [-0.39, 0.29) is 0 Å². The van der Waals surface area contributed by atoms with Crippen LogP contribution in [0.3, 0.4) is 0 Å². The highest BCUT2D eigenvalue weighted by Crippen LogP contribution is 2.44. The fourth-order valence-corrected chi connectivity index (χ4v) is 6.17. The van der Waals surface area contributed by atoms with E-state index >= 15 is 0 Å². The summed E-state index contributed by atoms with van der Waals surface area (Å²) >= 11 is 0. The highest BCUT2D eigenvalue weighted by atomic mass is 14.9. The van der Waals surface area contributed by atoms with Crippen molar-refractivity contribution in [3.8, 4) is 56.2 Å². The second kappa shape index (κ2) is 11.0. The zero-order chi connectivity index (χ0) is 29.3. The standard InChI is InChI=1S/C41H27N3/c1-3-12-28(13-4-1)37-27-38(44-41(43-37)30-14-5-2-6-15-30)31-16-11-17-32(26-31)40-35-20-9-7-18-33(35)39(29-22-24-42-25-23-29)34-19-8-10-21-36(34)40/h1-27H. The second-order valence-electron chi connectivity index (χ2n) is 10.9. The van der Waals surface area contributed by atoms with E-state index in [1.165, 1.54) is 32.7 Å². The van der Waals surface area contributed by atoms with Crippen molar-refractivity contribution in [3.63, 3.8) is 0 Å². The molecule has 0 saturated heterocycles. The van der Waals surface area contributed by atoms with Crippen molar-refractivity contribution in [2.45, 2.75) is 0 Å². The van der Waals surface area contributed by atoms with E-state index in [4.69, 9.17) is 9.97 Å². The number of hydrogen-bond donors (Lipinski definition) is 0. The van der Waals surface area contributed by atoms with Gasteiger partial charge in [-0.2, -0.15) is 0 Å². The molecule has 2 aromatic heterocycles. The maximum atomic E-state index is 5.10. The molecular formula is C41H27N3. The van der Waals surface area contributed by atoms with Crippen molar-refractivity contribution >= 4 is 21.5 Å². The van der Waals surface area contributed by atoms with Crippen LogP contribution in [0, 0.1) is 0 Å². The van der Waals surface area contributed by atoms with Crippen LogP contribution in [-0.2, 0) is 0 Å². The second-order valence-corrected chi connectivity index (χ2v) is 10.9. The van der Waals surface area contributed by atoms with Gasteiger partial charge in [-0.25, -0.2) is 9.97 Å². The van der Waals surface area contributed by atoms with Crippen molar-refractivity contribution < 1.29 is 0 Å². The van der Waals surface area contributed by atoms with Gasteiger partial charge < -0.3 is 0 Å². The molecule has 8 rings (SSSR count). The number of rotatable bonds is 5. The average Bonchev–Trinajstić information content (AvgIpc) is 3.11. The molecule has 0 unspecified atom stereocenters. The third-order valence-electron chi connectivity index (χ3n) is 8.18. The Morgan fingerprint density at radius 1 is 0.318 bits per heavy atom. The molecule has 0 aliphatic carbocycles. The number of aromatic nitrogens is 3. The van der Waals surface area contributed by atoms with Crippen molar-refractivity contribution in [1.82, 2.24) is 15.0 Å². The van der Waals surface area contributed by atoms with Crippen molar-refractivity contribution in [2.24, 2.45) is 0 Å². The molecule has 0 radical (unpaired) electrons. The summed E-state index contributed by atoms with van der Waals surface area (Å²) in [6.45, 7) is 0. The van der Waals surface area contributed by atoms with Gasteiger partial charge in [-0.1, -0.05) is 127 Å². The molecule has 0 N–H and O–H groups in total. The Hall–Kier alpha value is -5.93. The van der Waals surface area contributed by atoms with Crippen molar-refractivity contribution in [1.29, 1.82) is 0 Å². The van der Waals surface area contributed by atoms with E-state index < -0.39 is 0 Å². The van der Waals surface area contributed by atoms with Crippen LogP contribution in [0.5, 0.6) is 0 Å². The van der Waals surface area contributed by atoms with Gasteiger partial charge in [0.05, 0.1) is 11.4 Å². The Labute approximate surface area is 256 Å². The van der Waals surface area contributed by atoms with Crippen LogP contribution in [0.4, 0.5) is 0 Å². The van der Waals surface area contributed by atoms with Crippen LogP contribution < -0.4 is 0 Å². The molecule has 206 valence electrons. The van der Waals surface area contributed by atoms with E-state index in [0.29, 0.717) is 5.82 Å². The molecule has 3 heteroatoms. The first-order chi connectivity index (χ1) is 21.8. The molecule has 0 spiro atoms. The molecule has 0 bridgehead atoms. The normalized spacial score (nSPS) is 11.2. The number of fused-ring (bicyclic) bond motifs is 2. The monoisotopic (exact) mass is 561 g/mol. The molecule has 0 aliphatic rings. The van der Waals surface area contributed by atoms with Crippen LogP contribution in [0.2, 0.25) is 0 Å². The van der Waals surface area contributed by atoms with Gasteiger partial charge >= 0.3 is 0 Å². The molecule has 0 saturated carbocycles. The van der Waals surface area contributed by atoms with Gasteiger partial charge in [0.25, 0.3) is 0 Å². The predicted octanol–water partition coefficient (Wildman–Crippen LogP) is 10.5. The zero-order valence-electron chi connectivity index (χ0n) is 23.9. The van der Waals surface area contributed by atoms with Gasteiger partial charge in [-0.3, -0.25) is 4.98 Å². The van der Waals surface area contributed by atoms with E-state index in [9.17, 15) is 0 Å². The fraction of sp³-hybridized carbons (Fsp3) is 0. The summed E-state index contributed by atoms with van der Waals surface area (Å²) in [7, 11) is 0. The smallest absolute Gasteiger partial charge is 0.160 e. The fourth-order valence-electron chi connectivity index (χ4n) is 6.17. The lowest BCUT2D eigenvalue weighted by molar-refractivity contribution is 1.18. The van der Waals surface area contributed by atoms with Crippen LogP contribution in [0.15, 0.2) is 164 Å². The number of hydrogen-bond acceptors (Lipinski definition) is 3. The Morgan fingerprint density at radius 2 is 0.773 bits per heavy atom. The first-order valence-electron chi connectivity index (χ1n) is 14.8. The van der Waals surface area contributed by atoms with Gasteiger partial charge in [-0.15, -0.1) is 0 Å². The van der Waals surface area contributed by atoms with Crippen LogP contribution >= 0.6 is 0 Å². The van der Waals surface area contributed by atoms with E-state index in [1.54, 1.807) is 0 Å². The molecular weight excluding hydrogens is 534 g/mol. The summed E-state index contributed by atoms with van der Waals surface area (Å²) in [5, 5.41) is 4.87. The van der Waals surface area contributed by atoms with Gasteiger partial charge in [0, 0.05) is 29.1 Å². The highest BCUT2D eigenvalue weighted by molar-refractivity contribution is 6.21. The third-order valence-corrected chi connectivity index (χ3v) is 8.18. The molecule has 0 aliphatic heterocycles. The quantitative estimate of drug-likeness (QED) is 0.196. The first-order valence-corrected chi connectivity index (χ1v) is 14.8. The minimum absolute atomic E-state index is 0.713. The lowest BCUT2D eigenvalue weighted by atomic mass is 9.86. The van der Waals surface area contributed by atoms with E-state index in [2.05, 4.69) is 120 Å². The minimum atomic E-state index is 0.713. The van der Waals surface area contributed by atoms with Gasteiger partial charge in [-0.05, 0) is 68.1 Å². The van der Waals surface area contributed by atoms with Crippen molar-refractivity contribution in [2.75, 3.05) is 0 Å². The van der Waals surface area contributed by atoms with Gasteiger partial charge in [0.1, 0.15) is 0 Å².